The number of anilines is 2. The third kappa shape index (κ3) is 16.9. The number of carbonyl (C=O) groups is 6. The van der Waals surface area contributed by atoms with Crippen LogP contribution < -0.4 is 36.6 Å². The fourth-order valence-corrected chi connectivity index (χ4v) is 4.93. The first-order chi connectivity index (χ1) is 25.0. The van der Waals surface area contributed by atoms with Crippen LogP contribution in [0.3, 0.4) is 0 Å². The van der Waals surface area contributed by atoms with Gasteiger partial charge in [0.15, 0.2) is 5.13 Å². The predicted octanol–water partition coefficient (Wildman–Crippen LogP) is 4.34. The summed E-state index contributed by atoms with van der Waals surface area (Å²) in [7, 11) is 0. The van der Waals surface area contributed by atoms with Crippen molar-refractivity contribution in [1.29, 1.82) is 0 Å². The largest absolute Gasteiger partial charge is 0.494 e. The van der Waals surface area contributed by atoms with Crippen LogP contribution in [0.25, 0.3) is 0 Å². The van der Waals surface area contributed by atoms with Gasteiger partial charge in [0, 0.05) is 24.2 Å². The van der Waals surface area contributed by atoms with E-state index in [0.29, 0.717) is 37.6 Å². The molecule has 286 valence electrons. The number of nitrogens with zero attached hydrogens (tertiary/aromatic N) is 1. The van der Waals surface area contributed by atoms with Crippen LogP contribution in [-0.4, -0.2) is 77.7 Å². The Balaban J connectivity index is 1.49. The molecule has 6 N–H and O–H groups in total. The lowest BCUT2D eigenvalue weighted by Gasteiger charge is -2.22. The van der Waals surface area contributed by atoms with Crippen LogP contribution in [0, 0.1) is 0 Å². The molecule has 1 atom stereocenters. The van der Waals surface area contributed by atoms with Crippen molar-refractivity contribution in [2.24, 2.45) is 0 Å². The number of urea groups is 1. The summed E-state index contributed by atoms with van der Waals surface area (Å²) >= 11 is 1.02. The number of alkyl carbamates (subject to hydrolysis) is 1. The van der Waals surface area contributed by atoms with Gasteiger partial charge in [0.25, 0.3) is 5.91 Å². The summed E-state index contributed by atoms with van der Waals surface area (Å²) in [6.07, 6.45) is -0.459. The van der Waals surface area contributed by atoms with Gasteiger partial charge in [0.1, 0.15) is 28.7 Å². The van der Waals surface area contributed by atoms with Crippen molar-refractivity contribution in [3.63, 3.8) is 0 Å². The van der Waals surface area contributed by atoms with E-state index in [4.69, 9.17) is 14.2 Å². The average Bonchev–Trinajstić information content (AvgIpc) is 3.54. The molecule has 0 saturated carbocycles. The number of benzene rings is 2. The molecule has 1 heterocycles. The van der Waals surface area contributed by atoms with Crippen LogP contribution in [0.5, 0.6) is 5.75 Å². The third-order valence-electron chi connectivity index (χ3n) is 6.49. The molecule has 3 rings (SSSR count). The Morgan fingerprint density at radius 3 is 2.15 bits per heavy atom. The molecule has 0 aliphatic carbocycles. The molecule has 1 aromatic heterocycles. The molecule has 0 bridgehead atoms. The molecular formula is C36H47N7O9S. The second-order valence-corrected chi connectivity index (χ2v) is 14.4. The Kier molecular flexibility index (Phi) is 15.6. The lowest BCUT2D eigenvalue weighted by Crippen LogP contribution is -2.49. The molecule has 1 unspecified atom stereocenters. The molecule has 17 heteroatoms. The van der Waals surface area contributed by atoms with E-state index in [2.05, 4.69) is 36.9 Å². The number of aromatic nitrogens is 1. The fraction of sp³-hybridized carbons (Fsp3) is 0.417. The maximum absolute atomic E-state index is 13.3. The fourth-order valence-electron chi connectivity index (χ4n) is 4.24. The van der Waals surface area contributed by atoms with E-state index in [-0.39, 0.29) is 10.8 Å². The number of thiazole rings is 1. The normalized spacial score (nSPS) is 11.7. The van der Waals surface area contributed by atoms with Crippen molar-refractivity contribution >= 4 is 58.0 Å². The van der Waals surface area contributed by atoms with E-state index in [0.717, 1.165) is 16.9 Å². The molecule has 0 spiro atoms. The lowest BCUT2D eigenvalue weighted by atomic mass is 10.1. The zero-order valence-corrected chi connectivity index (χ0v) is 31.4. The highest BCUT2D eigenvalue weighted by atomic mass is 32.1. The van der Waals surface area contributed by atoms with Gasteiger partial charge in [-0.05, 0) is 77.8 Å². The highest BCUT2D eigenvalue weighted by molar-refractivity contribution is 7.14. The van der Waals surface area contributed by atoms with E-state index in [1.165, 1.54) is 5.38 Å². The number of amides is 6. The third-order valence-corrected chi connectivity index (χ3v) is 7.24. The summed E-state index contributed by atoms with van der Waals surface area (Å²) in [4.78, 5) is 79.5. The van der Waals surface area contributed by atoms with Crippen molar-refractivity contribution in [2.75, 3.05) is 30.3 Å². The van der Waals surface area contributed by atoms with Gasteiger partial charge in [-0.1, -0.05) is 30.3 Å². The summed E-state index contributed by atoms with van der Waals surface area (Å²) in [5.74, 6) is -2.34. The number of carbonyl (C=O) groups excluding carboxylic acids is 6. The van der Waals surface area contributed by atoms with Gasteiger partial charge >= 0.3 is 18.1 Å². The van der Waals surface area contributed by atoms with Crippen molar-refractivity contribution in [1.82, 2.24) is 26.3 Å². The van der Waals surface area contributed by atoms with Crippen LogP contribution in [0.15, 0.2) is 60.0 Å². The van der Waals surface area contributed by atoms with Crippen molar-refractivity contribution in [3.8, 4) is 5.75 Å². The highest BCUT2D eigenvalue weighted by Gasteiger charge is 2.27. The minimum atomic E-state index is -1.34. The first-order valence-electron chi connectivity index (χ1n) is 16.8. The van der Waals surface area contributed by atoms with Crippen LogP contribution in [-0.2, 0) is 30.4 Å². The van der Waals surface area contributed by atoms with E-state index >= 15 is 0 Å². The van der Waals surface area contributed by atoms with Gasteiger partial charge in [-0.2, -0.15) is 0 Å². The lowest BCUT2D eigenvalue weighted by molar-refractivity contribution is -0.156. The molecule has 16 nitrogen and oxygen atoms in total. The van der Waals surface area contributed by atoms with E-state index in [9.17, 15) is 28.8 Å². The highest BCUT2D eigenvalue weighted by Crippen LogP contribution is 2.18. The first kappa shape index (κ1) is 41.7. The maximum Gasteiger partial charge on any atom is 0.407 e. The maximum atomic E-state index is 13.3. The van der Waals surface area contributed by atoms with E-state index < -0.39 is 66.0 Å². The van der Waals surface area contributed by atoms with Gasteiger partial charge in [0.2, 0.25) is 11.8 Å². The van der Waals surface area contributed by atoms with Crippen molar-refractivity contribution in [3.05, 3.63) is 71.2 Å². The summed E-state index contributed by atoms with van der Waals surface area (Å²) in [5, 5.41) is 17.1. The van der Waals surface area contributed by atoms with Crippen LogP contribution >= 0.6 is 11.3 Å². The van der Waals surface area contributed by atoms with Gasteiger partial charge in [-0.25, -0.2) is 14.6 Å². The minimum Gasteiger partial charge on any atom is -0.494 e. The molecule has 2 aromatic carbocycles. The summed E-state index contributed by atoms with van der Waals surface area (Å²) in [6, 6.07) is 13.9. The topological polar surface area (TPSA) is 215 Å². The number of hydrogen-bond donors (Lipinski definition) is 6. The Morgan fingerprint density at radius 1 is 0.811 bits per heavy atom. The van der Waals surface area contributed by atoms with Crippen LogP contribution in [0.2, 0.25) is 0 Å². The smallest absolute Gasteiger partial charge is 0.407 e. The summed E-state index contributed by atoms with van der Waals surface area (Å²) in [6.45, 7) is 10.8. The molecule has 53 heavy (non-hydrogen) atoms. The van der Waals surface area contributed by atoms with Crippen LogP contribution in [0.1, 0.15) is 70.4 Å². The molecule has 0 radical (unpaired) electrons. The molecule has 0 fully saturated rings. The number of esters is 1. The van der Waals surface area contributed by atoms with Gasteiger partial charge in [0.05, 0.1) is 19.6 Å². The van der Waals surface area contributed by atoms with Crippen molar-refractivity contribution < 1.29 is 43.0 Å². The molecule has 0 saturated heterocycles. The van der Waals surface area contributed by atoms with Crippen LogP contribution in [0.4, 0.5) is 20.4 Å². The Labute approximate surface area is 312 Å². The molecule has 6 amide bonds. The molecular weight excluding hydrogens is 707 g/mol. The minimum absolute atomic E-state index is 0.0332. The SMILES string of the molecule is CC(C)(C)OC(=O)CC(NC(=O)CNC(=O)c1csc(NC(=O)NCc2ccccc2)n1)C(=O)Nc1ccc(OCCCNC(=O)OC(C)(C)C)cc1. The zero-order valence-electron chi connectivity index (χ0n) is 30.6. The molecule has 0 aliphatic heterocycles. The quantitative estimate of drug-likeness (QED) is 0.0899. The van der Waals surface area contributed by atoms with Gasteiger partial charge in [-0.3, -0.25) is 24.5 Å². The zero-order chi connectivity index (χ0) is 39.0. The Morgan fingerprint density at radius 2 is 1.49 bits per heavy atom. The standard InChI is InChI=1S/C36H47N7O9S/c1-35(2,3)51-29(45)19-26(31(47)40-24-13-15-25(16-14-24)50-18-10-17-37-34(49)52-36(4,5)6)41-28(44)21-38-30(46)27-22-53-33(42-27)43-32(48)39-20-23-11-8-7-9-12-23/h7-9,11-16,22,26H,10,17-21H2,1-6H3,(H,37,49)(H,38,46)(H,40,47)(H,41,44)(H2,39,42,43,48). The van der Waals surface area contributed by atoms with Crippen molar-refractivity contribution in [2.45, 2.75) is 78.2 Å². The monoisotopic (exact) mass is 753 g/mol. The summed E-state index contributed by atoms with van der Waals surface area (Å²) in [5.41, 5.74) is -0.177. The average molecular weight is 754 g/mol. The second kappa shape index (κ2) is 19.8. The predicted molar refractivity (Wildman–Crippen MR) is 199 cm³/mol. The van der Waals surface area contributed by atoms with E-state index in [1.807, 2.05) is 30.3 Å². The molecule has 3 aromatic rings. The number of ether oxygens (including phenoxy) is 3. The van der Waals surface area contributed by atoms with Gasteiger partial charge < -0.3 is 40.8 Å². The second-order valence-electron chi connectivity index (χ2n) is 13.6. The summed E-state index contributed by atoms with van der Waals surface area (Å²) < 4.78 is 16.2. The Hall–Kier alpha value is -5.71. The number of rotatable bonds is 16. The van der Waals surface area contributed by atoms with E-state index in [1.54, 1.807) is 65.8 Å². The Bertz CT molecular complexity index is 1700. The number of nitrogens with one attached hydrogen (secondary N) is 6. The first-order valence-corrected chi connectivity index (χ1v) is 17.7. The van der Waals surface area contributed by atoms with Gasteiger partial charge in [-0.15, -0.1) is 11.3 Å². The number of hydrogen-bond acceptors (Lipinski definition) is 11. The molecule has 0 aliphatic rings.